The number of aromatic hydroxyl groups is 2. The first-order chi connectivity index (χ1) is 9.49. The fourth-order valence-corrected chi connectivity index (χ4v) is 2.65. The second kappa shape index (κ2) is 8.12. The molecule has 4 nitrogen and oxygen atoms in total. The van der Waals surface area contributed by atoms with Gasteiger partial charge in [0.1, 0.15) is 0 Å². The highest BCUT2D eigenvalue weighted by atomic mass is 16.3. The maximum absolute atomic E-state index is 9.48. The van der Waals surface area contributed by atoms with Gasteiger partial charge in [0.05, 0.1) is 0 Å². The molecule has 0 radical (unpaired) electrons. The summed E-state index contributed by atoms with van der Waals surface area (Å²) < 4.78 is 0. The number of nitrogens with one attached hydrogen (secondary N) is 1. The molecule has 1 unspecified atom stereocenters. The topological polar surface area (TPSA) is 55.7 Å². The number of benzene rings is 1. The number of phenolic OH excluding ortho intramolecular Hbond substituents is 2. The van der Waals surface area contributed by atoms with Crippen molar-refractivity contribution in [3.63, 3.8) is 0 Å². The highest BCUT2D eigenvalue weighted by Crippen LogP contribution is 2.24. The molecule has 0 spiro atoms. The Hall–Kier alpha value is -1.26. The van der Waals surface area contributed by atoms with E-state index in [0.29, 0.717) is 18.5 Å². The van der Waals surface area contributed by atoms with Crippen molar-refractivity contribution in [2.75, 3.05) is 20.6 Å². The molecule has 0 amide bonds. The molecule has 3 N–H and O–H groups in total. The lowest BCUT2D eigenvalue weighted by molar-refractivity contribution is 0.194. The second-order valence-electron chi connectivity index (χ2n) is 5.56. The van der Waals surface area contributed by atoms with E-state index in [1.54, 1.807) is 6.07 Å². The Kier molecular flexibility index (Phi) is 6.82. The minimum atomic E-state index is -0.0723. The van der Waals surface area contributed by atoms with Crippen molar-refractivity contribution in [1.82, 2.24) is 10.2 Å². The summed E-state index contributed by atoms with van der Waals surface area (Å²) in [5, 5.41) is 22.2. The predicted molar refractivity (Wildman–Crippen MR) is 83.0 cm³/mol. The number of nitrogens with zero attached hydrogens (tertiary/aromatic N) is 1. The van der Waals surface area contributed by atoms with Crippen molar-refractivity contribution in [3.05, 3.63) is 23.8 Å². The Bertz CT molecular complexity index is 403. The van der Waals surface area contributed by atoms with E-state index < -0.39 is 0 Å². The van der Waals surface area contributed by atoms with Crippen LogP contribution in [0.4, 0.5) is 0 Å². The molecule has 0 fully saturated rings. The van der Waals surface area contributed by atoms with E-state index in [0.717, 1.165) is 12.1 Å². The number of phenols is 2. The van der Waals surface area contributed by atoms with Crippen LogP contribution in [0.15, 0.2) is 18.2 Å². The Labute approximate surface area is 122 Å². The van der Waals surface area contributed by atoms with Gasteiger partial charge in [-0.25, -0.2) is 0 Å². The minimum absolute atomic E-state index is 0.0616. The Morgan fingerprint density at radius 3 is 2.25 bits per heavy atom. The van der Waals surface area contributed by atoms with E-state index >= 15 is 0 Å². The van der Waals surface area contributed by atoms with Gasteiger partial charge in [-0.15, -0.1) is 0 Å². The van der Waals surface area contributed by atoms with Crippen LogP contribution in [0.3, 0.4) is 0 Å². The number of likely N-dealkylation sites (N-methyl/N-ethyl adjacent to an activating group) is 1. The summed E-state index contributed by atoms with van der Waals surface area (Å²) in [5.41, 5.74) is 0.974. The third kappa shape index (κ3) is 4.69. The molecular weight excluding hydrogens is 252 g/mol. The van der Waals surface area contributed by atoms with Crippen molar-refractivity contribution in [1.29, 1.82) is 0 Å². The molecule has 0 aliphatic carbocycles. The Morgan fingerprint density at radius 1 is 1.10 bits per heavy atom. The molecule has 0 bridgehead atoms. The van der Waals surface area contributed by atoms with Crippen molar-refractivity contribution in [2.24, 2.45) is 5.92 Å². The first-order valence-electron chi connectivity index (χ1n) is 7.37. The van der Waals surface area contributed by atoms with Gasteiger partial charge in [-0.1, -0.05) is 32.8 Å². The van der Waals surface area contributed by atoms with E-state index in [9.17, 15) is 10.2 Å². The molecule has 1 rings (SSSR count). The minimum Gasteiger partial charge on any atom is -0.504 e. The van der Waals surface area contributed by atoms with E-state index in [4.69, 9.17) is 0 Å². The molecule has 0 aliphatic heterocycles. The predicted octanol–water partition coefficient (Wildman–Crippen LogP) is 2.55. The number of hydrogen-bond donors (Lipinski definition) is 3. The Morgan fingerprint density at radius 2 is 1.75 bits per heavy atom. The standard InChI is InChI=1S/C16H28N2O2/c1-5-13(6-2)14(18(3)4)11-17-10-12-7-8-15(19)16(20)9-12/h7-9,13-14,17,19-20H,5-6,10-11H2,1-4H3. The molecular formula is C16H28N2O2. The van der Waals surface area contributed by atoms with E-state index in [1.165, 1.54) is 18.9 Å². The zero-order valence-electron chi connectivity index (χ0n) is 13.1. The fraction of sp³-hybridized carbons (Fsp3) is 0.625. The summed E-state index contributed by atoms with van der Waals surface area (Å²) in [6.45, 7) is 6.09. The van der Waals surface area contributed by atoms with E-state index in [2.05, 4.69) is 38.2 Å². The average molecular weight is 280 g/mol. The second-order valence-corrected chi connectivity index (χ2v) is 5.56. The number of hydrogen-bond acceptors (Lipinski definition) is 4. The first kappa shape index (κ1) is 16.8. The van der Waals surface area contributed by atoms with Gasteiger partial charge in [-0.2, -0.15) is 0 Å². The summed E-state index contributed by atoms with van der Waals surface area (Å²) in [6, 6.07) is 5.46. The number of rotatable bonds is 8. The largest absolute Gasteiger partial charge is 0.504 e. The van der Waals surface area contributed by atoms with Gasteiger partial charge in [0.2, 0.25) is 0 Å². The van der Waals surface area contributed by atoms with Crippen LogP contribution in [0.1, 0.15) is 32.3 Å². The molecule has 0 aliphatic rings. The summed E-state index contributed by atoms with van der Waals surface area (Å²) in [7, 11) is 4.24. The highest BCUT2D eigenvalue weighted by molar-refractivity contribution is 5.40. The summed E-state index contributed by atoms with van der Waals surface area (Å²) in [4.78, 5) is 2.28. The maximum Gasteiger partial charge on any atom is 0.157 e. The van der Waals surface area contributed by atoms with Crippen LogP contribution in [-0.4, -0.2) is 41.8 Å². The van der Waals surface area contributed by atoms with Crippen LogP contribution in [-0.2, 0) is 6.54 Å². The Balaban J connectivity index is 2.53. The normalized spacial score (nSPS) is 13.1. The lowest BCUT2D eigenvalue weighted by atomic mass is 9.93. The fourth-order valence-electron chi connectivity index (χ4n) is 2.65. The van der Waals surface area contributed by atoms with Crippen LogP contribution in [0.2, 0.25) is 0 Å². The molecule has 0 saturated carbocycles. The van der Waals surface area contributed by atoms with Gasteiger partial charge in [0, 0.05) is 19.1 Å². The lowest BCUT2D eigenvalue weighted by Crippen LogP contribution is -2.42. The highest BCUT2D eigenvalue weighted by Gasteiger charge is 2.19. The van der Waals surface area contributed by atoms with Gasteiger partial charge in [-0.3, -0.25) is 0 Å². The first-order valence-corrected chi connectivity index (χ1v) is 7.37. The van der Waals surface area contributed by atoms with Crippen molar-refractivity contribution >= 4 is 0 Å². The average Bonchev–Trinajstić information content (AvgIpc) is 2.42. The SMILES string of the molecule is CCC(CC)C(CNCc1ccc(O)c(O)c1)N(C)C. The zero-order valence-corrected chi connectivity index (χ0v) is 13.1. The smallest absolute Gasteiger partial charge is 0.157 e. The van der Waals surface area contributed by atoms with Crippen LogP contribution in [0.5, 0.6) is 11.5 Å². The van der Waals surface area contributed by atoms with Crippen molar-refractivity contribution in [2.45, 2.75) is 39.3 Å². The molecule has 20 heavy (non-hydrogen) atoms. The molecule has 0 heterocycles. The van der Waals surface area contributed by atoms with Gasteiger partial charge < -0.3 is 20.4 Å². The zero-order chi connectivity index (χ0) is 15.1. The molecule has 1 aromatic rings. The van der Waals surface area contributed by atoms with Crippen LogP contribution in [0.25, 0.3) is 0 Å². The summed E-state index contributed by atoms with van der Waals surface area (Å²) in [5.74, 6) is 0.552. The summed E-state index contributed by atoms with van der Waals surface area (Å²) >= 11 is 0. The quantitative estimate of drug-likeness (QED) is 0.641. The molecule has 1 atom stereocenters. The molecule has 0 aromatic heterocycles. The maximum atomic E-state index is 9.48. The van der Waals surface area contributed by atoms with E-state index in [1.807, 2.05) is 6.07 Å². The summed E-state index contributed by atoms with van der Waals surface area (Å²) in [6.07, 6.45) is 2.36. The van der Waals surface area contributed by atoms with Crippen molar-refractivity contribution in [3.8, 4) is 11.5 Å². The van der Waals surface area contributed by atoms with Crippen molar-refractivity contribution < 1.29 is 10.2 Å². The third-order valence-electron chi connectivity index (χ3n) is 3.98. The van der Waals surface area contributed by atoms with Gasteiger partial charge in [-0.05, 0) is 37.7 Å². The van der Waals surface area contributed by atoms with Crippen LogP contribution < -0.4 is 5.32 Å². The van der Waals surface area contributed by atoms with Crippen LogP contribution >= 0.6 is 0 Å². The molecule has 1 aromatic carbocycles. The monoisotopic (exact) mass is 280 g/mol. The van der Waals surface area contributed by atoms with E-state index in [-0.39, 0.29) is 11.5 Å². The van der Waals surface area contributed by atoms with Crippen LogP contribution in [0, 0.1) is 5.92 Å². The van der Waals surface area contributed by atoms with Gasteiger partial charge in [0.25, 0.3) is 0 Å². The van der Waals surface area contributed by atoms with Gasteiger partial charge >= 0.3 is 0 Å². The third-order valence-corrected chi connectivity index (χ3v) is 3.98. The van der Waals surface area contributed by atoms with Gasteiger partial charge in [0.15, 0.2) is 11.5 Å². The lowest BCUT2D eigenvalue weighted by Gasteiger charge is -2.31. The molecule has 0 saturated heterocycles. The molecule has 4 heteroatoms. The molecule has 114 valence electrons.